The highest BCUT2D eigenvalue weighted by Crippen LogP contribution is 2.36. The first kappa shape index (κ1) is 22.5. The number of sulfonamides is 1. The highest BCUT2D eigenvalue weighted by atomic mass is 35.5. The summed E-state index contributed by atoms with van der Waals surface area (Å²) < 4.78 is 27.7. The van der Waals surface area contributed by atoms with Gasteiger partial charge in [-0.15, -0.1) is 11.3 Å². The zero-order valence-electron chi connectivity index (χ0n) is 18.5. The van der Waals surface area contributed by atoms with E-state index in [0.29, 0.717) is 18.1 Å². The monoisotopic (exact) mass is 500 g/mol. The second-order valence-electron chi connectivity index (χ2n) is 8.53. The van der Waals surface area contributed by atoms with Gasteiger partial charge in [0.05, 0.1) is 23.2 Å². The lowest BCUT2D eigenvalue weighted by molar-refractivity contribution is 0.276. The van der Waals surface area contributed by atoms with E-state index in [9.17, 15) is 8.42 Å². The maximum absolute atomic E-state index is 11.9. The summed E-state index contributed by atoms with van der Waals surface area (Å²) in [4.78, 5) is 9.43. The minimum atomic E-state index is -3.15. The molecule has 9 heteroatoms. The van der Waals surface area contributed by atoms with E-state index in [-0.39, 0.29) is 12.0 Å². The Labute approximate surface area is 202 Å². The van der Waals surface area contributed by atoms with Crippen LogP contribution >= 0.6 is 22.9 Å². The Morgan fingerprint density at radius 3 is 2.42 bits per heavy atom. The Hall–Kier alpha value is -2.26. The fraction of sp³-hybridized carbons (Fsp3) is 0.333. The molecule has 1 atom stereocenters. The van der Waals surface area contributed by atoms with Crippen molar-refractivity contribution in [2.45, 2.75) is 31.7 Å². The van der Waals surface area contributed by atoms with Gasteiger partial charge in [0, 0.05) is 35.7 Å². The average Bonchev–Trinajstić information content (AvgIpc) is 3.42. The van der Waals surface area contributed by atoms with Crippen molar-refractivity contribution in [3.05, 3.63) is 81.0 Å². The van der Waals surface area contributed by atoms with Gasteiger partial charge in [0.2, 0.25) is 10.0 Å². The van der Waals surface area contributed by atoms with Crippen LogP contribution in [0.1, 0.15) is 46.8 Å². The zero-order chi connectivity index (χ0) is 23.2. The molecule has 0 radical (unpaired) electrons. The van der Waals surface area contributed by atoms with Gasteiger partial charge < -0.3 is 4.57 Å². The van der Waals surface area contributed by atoms with Gasteiger partial charge in [-0.2, -0.15) is 0 Å². The Kier molecular flexibility index (Phi) is 6.03. The minimum absolute atomic E-state index is 0.00223. The van der Waals surface area contributed by atoms with Gasteiger partial charge in [-0.25, -0.2) is 22.7 Å². The van der Waals surface area contributed by atoms with E-state index in [2.05, 4.69) is 39.9 Å². The van der Waals surface area contributed by atoms with Crippen molar-refractivity contribution >= 4 is 44.0 Å². The van der Waals surface area contributed by atoms with Crippen LogP contribution in [-0.4, -0.2) is 46.6 Å². The van der Waals surface area contributed by atoms with Crippen LogP contribution in [0.5, 0.6) is 0 Å². The number of hydrogen-bond acceptors (Lipinski definition) is 5. The van der Waals surface area contributed by atoms with Crippen molar-refractivity contribution in [2.75, 3.05) is 19.3 Å². The molecule has 1 unspecified atom stereocenters. The van der Waals surface area contributed by atoms with Gasteiger partial charge in [-0.05, 0) is 55.2 Å². The molecule has 1 aliphatic rings. The number of thiazole rings is 1. The van der Waals surface area contributed by atoms with Crippen LogP contribution in [-0.2, 0) is 10.0 Å². The maximum Gasteiger partial charge on any atom is 0.211 e. The lowest BCUT2D eigenvalue weighted by Crippen LogP contribution is -2.38. The maximum atomic E-state index is 11.9. The molecule has 5 rings (SSSR count). The SMILES string of the molecule is Cc1nc2ccc(C(c3ccc(Cl)cc3)c3nccs3)cc2n1C1CCN(S(C)(=O)=O)CC1. The van der Waals surface area contributed by atoms with Crippen LogP contribution in [0, 0.1) is 6.92 Å². The molecule has 33 heavy (non-hydrogen) atoms. The molecule has 0 aliphatic carbocycles. The Morgan fingerprint density at radius 2 is 1.79 bits per heavy atom. The van der Waals surface area contributed by atoms with Gasteiger partial charge in [-0.3, -0.25) is 0 Å². The lowest BCUT2D eigenvalue weighted by atomic mass is 9.91. The summed E-state index contributed by atoms with van der Waals surface area (Å²) in [6.07, 6.45) is 4.67. The average molecular weight is 501 g/mol. The second-order valence-corrected chi connectivity index (χ2v) is 11.9. The molecule has 6 nitrogen and oxygen atoms in total. The number of fused-ring (bicyclic) bond motifs is 1. The molecule has 1 saturated heterocycles. The second kappa shape index (κ2) is 8.83. The van der Waals surface area contributed by atoms with Crippen molar-refractivity contribution in [1.29, 1.82) is 0 Å². The molecule has 2 aromatic carbocycles. The molecule has 0 spiro atoms. The third-order valence-corrected chi connectivity index (χ3v) is 8.78. The van der Waals surface area contributed by atoms with Gasteiger partial charge in [0.15, 0.2) is 0 Å². The van der Waals surface area contributed by atoms with Crippen molar-refractivity contribution in [1.82, 2.24) is 18.8 Å². The molecule has 4 aromatic rings. The molecule has 2 aromatic heterocycles. The molecule has 0 saturated carbocycles. The van der Waals surface area contributed by atoms with Crippen LogP contribution < -0.4 is 0 Å². The summed E-state index contributed by atoms with van der Waals surface area (Å²) in [6.45, 7) is 3.10. The standard InChI is InChI=1S/C24H25ClN4O2S2/c1-16-27-21-8-5-18(23(24-26-11-14-32-24)17-3-6-19(25)7-4-17)15-22(21)29(16)20-9-12-28(13-10-20)33(2,30)31/h3-8,11,14-15,20,23H,9-10,12-13H2,1-2H3. The Balaban J connectivity index is 1.56. The van der Waals surface area contributed by atoms with Crippen molar-refractivity contribution < 1.29 is 8.42 Å². The van der Waals surface area contributed by atoms with Crippen molar-refractivity contribution in [2.24, 2.45) is 0 Å². The summed E-state index contributed by atoms with van der Waals surface area (Å²) in [5, 5.41) is 3.74. The number of aryl methyl sites for hydroxylation is 1. The molecular formula is C24H25ClN4O2S2. The van der Waals surface area contributed by atoms with Gasteiger partial charge in [-0.1, -0.05) is 29.8 Å². The van der Waals surface area contributed by atoms with Crippen molar-refractivity contribution in [3.63, 3.8) is 0 Å². The van der Waals surface area contributed by atoms with Gasteiger partial charge >= 0.3 is 0 Å². The van der Waals surface area contributed by atoms with E-state index >= 15 is 0 Å². The van der Waals surface area contributed by atoms with Gasteiger partial charge in [0.25, 0.3) is 0 Å². The largest absolute Gasteiger partial charge is 0.325 e. The molecule has 0 amide bonds. The fourth-order valence-electron chi connectivity index (χ4n) is 4.81. The summed E-state index contributed by atoms with van der Waals surface area (Å²) in [5.41, 5.74) is 4.32. The summed E-state index contributed by atoms with van der Waals surface area (Å²) >= 11 is 7.79. The molecule has 0 N–H and O–H groups in total. The van der Waals surface area contributed by atoms with Gasteiger partial charge in [0.1, 0.15) is 10.8 Å². The summed E-state index contributed by atoms with van der Waals surface area (Å²) in [7, 11) is -3.15. The molecule has 3 heterocycles. The summed E-state index contributed by atoms with van der Waals surface area (Å²) in [5.74, 6) is 0.958. The van der Waals surface area contributed by atoms with E-state index in [4.69, 9.17) is 16.6 Å². The number of benzene rings is 2. The van der Waals surface area contributed by atoms with E-state index < -0.39 is 10.0 Å². The first-order chi connectivity index (χ1) is 15.8. The van der Waals surface area contributed by atoms with Crippen LogP contribution in [0.2, 0.25) is 5.02 Å². The number of imidazole rings is 1. The Bertz CT molecular complexity index is 1370. The predicted octanol–water partition coefficient (Wildman–Crippen LogP) is 5.23. The van der Waals surface area contributed by atoms with Crippen LogP contribution in [0.15, 0.2) is 54.0 Å². The number of halogens is 1. The number of nitrogens with zero attached hydrogens (tertiary/aromatic N) is 4. The lowest BCUT2D eigenvalue weighted by Gasteiger charge is -2.32. The highest BCUT2D eigenvalue weighted by Gasteiger charge is 2.28. The third kappa shape index (κ3) is 4.45. The molecule has 172 valence electrons. The topological polar surface area (TPSA) is 68.1 Å². The smallest absolute Gasteiger partial charge is 0.211 e. The van der Waals surface area contributed by atoms with E-state index in [0.717, 1.165) is 45.8 Å². The zero-order valence-corrected chi connectivity index (χ0v) is 20.9. The molecular weight excluding hydrogens is 476 g/mol. The summed E-state index contributed by atoms with van der Waals surface area (Å²) in [6, 6.07) is 14.6. The minimum Gasteiger partial charge on any atom is -0.325 e. The van der Waals surface area contributed by atoms with Crippen LogP contribution in [0.4, 0.5) is 0 Å². The Morgan fingerprint density at radius 1 is 1.09 bits per heavy atom. The van der Waals surface area contributed by atoms with E-state index in [1.807, 2.05) is 30.6 Å². The first-order valence-electron chi connectivity index (χ1n) is 10.9. The fourth-order valence-corrected chi connectivity index (χ4v) is 6.60. The molecule has 1 fully saturated rings. The van der Waals surface area contributed by atoms with Crippen LogP contribution in [0.3, 0.4) is 0 Å². The number of piperidine rings is 1. The van der Waals surface area contributed by atoms with E-state index in [1.54, 1.807) is 15.6 Å². The molecule has 0 bridgehead atoms. The predicted molar refractivity (Wildman–Crippen MR) is 134 cm³/mol. The van der Waals surface area contributed by atoms with Crippen LogP contribution in [0.25, 0.3) is 11.0 Å². The van der Waals surface area contributed by atoms with Crippen molar-refractivity contribution in [3.8, 4) is 0 Å². The third-order valence-electron chi connectivity index (χ3n) is 6.38. The number of aromatic nitrogens is 3. The van der Waals surface area contributed by atoms with E-state index in [1.165, 1.54) is 6.26 Å². The highest BCUT2D eigenvalue weighted by molar-refractivity contribution is 7.88. The number of hydrogen-bond donors (Lipinski definition) is 0. The normalized spacial score (nSPS) is 16.9. The molecule has 1 aliphatic heterocycles. The first-order valence-corrected chi connectivity index (χ1v) is 14.0. The quantitative estimate of drug-likeness (QED) is 0.376. The number of rotatable bonds is 5.